The summed E-state index contributed by atoms with van der Waals surface area (Å²) < 4.78 is 23.2. The van der Waals surface area contributed by atoms with Gasteiger partial charge in [0.25, 0.3) is 0 Å². The van der Waals surface area contributed by atoms with Crippen molar-refractivity contribution in [1.82, 2.24) is 5.32 Å². The summed E-state index contributed by atoms with van der Waals surface area (Å²) in [7, 11) is 1.44. The third-order valence-electron chi connectivity index (χ3n) is 7.49. The number of nitrogens with one attached hydrogen (secondary N) is 1. The van der Waals surface area contributed by atoms with Gasteiger partial charge in [-0.2, -0.15) is 0 Å². The lowest BCUT2D eigenvalue weighted by atomic mass is 9.81. The molecule has 3 rings (SSSR count). The van der Waals surface area contributed by atoms with Crippen LogP contribution in [0.25, 0.3) is 0 Å². The molecule has 0 radical (unpaired) electrons. The standard InChI is InChI=1S/C21H41N7O12.2ClH/c1-5-21(36,4-30)16(40-17-9(26-2)13(34)10(31)6(3-29)38-17)18(37-5)39-15-8(28-20(24)25)11(32)7(27-19(22)23)12(33)14(15)35;;/h5-18,26,29-36H,3-4H2,1-2H3,(H4,22,23,27)(H4,24,25,28);2*1H/t5-,6-,7-,8+,9-,10-,11-,12+,13-,14-,15-,16-,17-,18-,21+;;/m1../s1. The number of aliphatic hydroxyl groups is 8. The lowest BCUT2D eigenvalue weighted by Crippen LogP contribution is -2.66. The second-order valence-electron chi connectivity index (χ2n) is 10.0. The molecule has 3 aliphatic rings. The van der Waals surface area contributed by atoms with Gasteiger partial charge in [0.05, 0.1) is 25.4 Å². The largest absolute Gasteiger partial charge is 0.394 e. The summed E-state index contributed by atoms with van der Waals surface area (Å²) in [6.07, 6.45) is -16.9. The van der Waals surface area contributed by atoms with Crippen molar-refractivity contribution >= 4 is 36.7 Å². The van der Waals surface area contributed by atoms with Gasteiger partial charge in [0.2, 0.25) is 0 Å². The SMILES string of the molecule is CN[C@H]1[C@@H](O[C@@H]2[C@@H](O[C@H]3[C@H](O)[C@@H](O)[C@H](N=C(N)N)[C@@H](O)[C@@H]3N=C(N)N)O[C@H](C)[C@@]2(O)CO)O[C@H](CO)[C@@H](O)[C@@H]1O.Cl.Cl. The van der Waals surface area contributed by atoms with Gasteiger partial charge in [0.1, 0.15) is 66.5 Å². The van der Waals surface area contributed by atoms with E-state index in [1.165, 1.54) is 14.0 Å². The molecule has 0 aromatic rings. The number of aliphatic imine (C=N–C) groups is 2. The van der Waals surface area contributed by atoms with Crippen LogP contribution in [0.1, 0.15) is 6.92 Å². The van der Waals surface area contributed by atoms with E-state index in [1.807, 2.05) is 0 Å². The molecule has 0 aromatic heterocycles. The van der Waals surface area contributed by atoms with E-state index in [1.54, 1.807) is 0 Å². The van der Waals surface area contributed by atoms with E-state index in [-0.39, 0.29) is 24.8 Å². The maximum atomic E-state index is 11.3. The predicted octanol–water partition coefficient (Wildman–Crippen LogP) is -7.52. The Kier molecular flexibility index (Phi) is 14.3. The summed E-state index contributed by atoms with van der Waals surface area (Å²) in [4.78, 5) is 7.66. The lowest BCUT2D eigenvalue weighted by Gasteiger charge is -2.45. The lowest BCUT2D eigenvalue weighted by molar-refractivity contribution is -0.317. The number of nitrogens with two attached hydrogens (primary N) is 4. The topological polar surface area (TPSA) is 340 Å². The molecule has 0 unspecified atom stereocenters. The molecule has 0 aromatic carbocycles. The van der Waals surface area contributed by atoms with Crippen molar-refractivity contribution < 1.29 is 59.8 Å². The smallest absolute Gasteiger partial charge is 0.187 e. The minimum Gasteiger partial charge on any atom is -0.394 e. The molecular weight excluding hydrogens is 613 g/mol. The maximum absolute atomic E-state index is 11.3. The number of ether oxygens (including phenoxy) is 4. The van der Waals surface area contributed by atoms with Crippen molar-refractivity contribution in [3.8, 4) is 0 Å². The van der Waals surface area contributed by atoms with Crippen molar-refractivity contribution in [2.75, 3.05) is 20.3 Å². The zero-order valence-electron chi connectivity index (χ0n) is 22.7. The molecular formula is C21H43Cl2N7O12. The van der Waals surface area contributed by atoms with Crippen molar-refractivity contribution in [1.29, 1.82) is 0 Å². The summed E-state index contributed by atoms with van der Waals surface area (Å²) in [5.41, 5.74) is 19.7. The molecule has 248 valence electrons. The summed E-state index contributed by atoms with van der Waals surface area (Å²) in [6, 6.07) is -4.00. The van der Waals surface area contributed by atoms with Crippen LogP contribution < -0.4 is 28.3 Å². The van der Waals surface area contributed by atoms with Gasteiger partial charge in [-0.1, -0.05) is 0 Å². The highest BCUT2D eigenvalue weighted by atomic mass is 35.5. The molecule has 42 heavy (non-hydrogen) atoms. The fourth-order valence-corrected chi connectivity index (χ4v) is 5.17. The molecule has 2 heterocycles. The van der Waals surface area contributed by atoms with E-state index in [0.717, 1.165) is 0 Å². The number of aliphatic hydroxyl groups excluding tert-OH is 7. The molecule has 3 fully saturated rings. The van der Waals surface area contributed by atoms with Gasteiger partial charge in [-0.05, 0) is 14.0 Å². The Hall–Kier alpha value is -1.40. The molecule has 2 aliphatic heterocycles. The third kappa shape index (κ3) is 7.45. The Bertz CT molecular complexity index is 923. The van der Waals surface area contributed by atoms with E-state index in [0.29, 0.717) is 0 Å². The number of likely N-dealkylation sites (N-methyl/N-ethyl adjacent to an activating group) is 1. The van der Waals surface area contributed by atoms with Crippen LogP contribution in [0.4, 0.5) is 0 Å². The minimum atomic E-state index is -2.15. The highest BCUT2D eigenvalue weighted by Gasteiger charge is 2.60. The fraction of sp³-hybridized carbons (Fsp3) is 0.905. The summed E-state index contributed by atoms with van der Waals surface area (Å²) in [5, 5.41) is 87.0. The first-order chi connectivity index (χ1) is 18.7. The predicted molar refractivity (Wildman–Crippen MR) is 148 cm³/mol. The van der Waals surface area contributed by atoms with E-state index in [9.17, 15) is 40.9 Å². The Morgan fingerprint density at radius 3 is 1.88 bits per heavy atom. The average Bonchev–Trinajstić information content (AvgIpc) is 3.13. The van der Waals surface area contributed by atoms with Crippen LogP contribution >= 0.6 is 24.8 Å². The zero-order chi connectivity index (χ0) is 30.1. The summed E-state index contributed by atoms with van der Waals surface area (Å²) >= 11 is 0. The van der Waals surface area contributed by atoms with Crippen molar-refractivity contribution in [2.45, 2.75) is 98.2 Å². The van der Waals surface area contributed by atoms with Crippen LogP contribution in [0.15, 0.2) is 9.98 Å². The van der Waals surface area contributed by atoms with Crippen LogP contribution in [0, 0.1) is 0 Å². The maximum Gasteiger partial charge on any atom is 0.187 e. The number of hydrogen-bond donors (Lipinski definition) is 13. The fourth-order valence-electron chi connectivity index (χ4n) is 5.17. The van der Waals surface area contributed by atoms with Gasteiger partial charge in [0.15, 0.2) is 24.5 Å². The monoisotopic (exact) mass is 655 g/mol. The van der Waals surface area contributed by atoms with E-state index in [2.05, 4.69) is 15.3 Å². The highest BCUT2D eigenvalue weighted by Crippen LogP contribution is 2.39. The second kappa shape index (κ2) is 15.5. The van der Waals surface area contributed by atoms with E-state index in [4.69, 9.17) is 41.9 Å². The Morgan fingerprint density at radius 1 is 0.810 bits per heavy atom. The molecule has 0 amide bonds. The number of hydrogen-bond acceptors (Lipinski definition) is 15. The molecule has 1 aliphatic carbocycles. The van der Waals surface area contributed by atoms with Gasteiger partial charge in [-0.3, -0.25) is 0 Å². The van der Waals surface area contributed by atoms with Crippen LogP contribution in [0.5, 0.6) is 0 Å². The Morgan fingerprint density at radius 2 is 1.38 bits per heavy atom. The highest BCUT2D eigenvalue weighted by molar-refractivity contribution is 5.85. The van der Waals surface area contributed by atoms with Crippen molar-refractivity contribution in [3.05, 3.63) is 0 Å². The van der Waals surface area contributed by atoms with Crippen LogP contribution in [-0.2, 0) is 18.9 Å². The Balaban J connectivity index is 0.00000441. The molecule has 21 heteroatoms. The first kappa shape index (κ1) is 38.6. The minimum absolute atomic E-state index is 0. The van der Waals surface area contributed by atoms with Gasteiger partial charge in [0, 0.05) is 0 Å². The first-order valence-electron chi connectivity index (χ1n) is 12.5. The van der Waals surface area contributed by atoms with Crippen molar-refractivity contribution in [2.24, 2.45) is 32.9 Å². The van der Waals surface area contributed by atoms with Gasteiger partial charge >= 0.3 is 0 Å². The molecule has 0 spiro atoms. The average molecular weight is 657 g/mol. The van der Waals surface area contributed by atoms with Crippen LogP contribution in [-0.4, -0.2) is 164 Å². The summed E-state index contributed by atoms with van der Waals surface area (Å²) in [6.45, 7) is -0.199. The molecule has 17 N–H and O–H groups in total. The molecule has 0 bridgehead atoms. The van der Waals surface area contributed by atoms with Gasteiger partial charge < -0.3 is 88.1 Å². The third-order valence-corrected chi connectivity index (χ3v) is 7.49. The van der Waals surface area contributed by atoms with Crippen molar-refractivity contribution in [3.63, 3.8) is 0 Å². The van der Waals surface area contributed by atoms with Gasteiger partial charge in [-0.15, -0.1) is 24.8 Å². The molecule has 19 nitrogen and oxygen atoms in total. The molecule has 1 saturated carbocycles. The summed E-state index contributed by atoms with van der Waals surface area (Å²) in [5.74, 6) is -1.01. The quantitative estimate of drug-likeness (QED) is 0.0809. The number of halogens is 2. The van der Waals surface area contributed by atoms with Gasteiger partial charge in [-0.25, -0.2) is 9.98 Å². The normalized spacial score (nSPS) is 45.3. The first-order valence-corrected chi connectivity index (χ1v) is 12.5. The number of nitrogens with zero attached hydrogens (tertiary/aromatic N) is 2. The molecule has 15 atom stereocenters. The second-order valence-corrected chi connectivity index (χ2v) is 10.0. The number of rotatable bonds is 9. The number of guanidine groups is 2. The van der Waals surface area contributed by atoms with Crippen LogP contribution in [0.2, 0.25) is 0 Å². The Labute approximate surface area is 253 Å². The van der Waals surface area contributed by atoms with E-state index >= 15 is 0 Å². The molecule has 2 saturated heterocycles. The zero-order valence-corrected chi connectivity index (χ0v) is 24.4. The van der Waals surface area contributed by atoms with E-state index < -0.39 is 116 Å². The van der Waals surface area contributed by atoms with Crippen LogP contribution in [0.3, 0.4) is 0 Å².